The van der Waals surface area contributed by atoms with Crippen molar-refractivity contribution in [3.63, 3.8) is 0 Å². The van der Waals surface area contributed by atoms with Crippen LogP contribution >= 0.6 is 0 Å². The van der Waals surface area contributed by atoms with Gasteiger partial charge in [-0.2, -0.15) is 20.5 Å². The van der Waals surface area contributed by atoms with Gasteiger partial charge in [0.15, 0.2) is 0 Å². The van der Waals surface area contributed by atoms with E-state index in [4.69, 9.17) is 20.5 Å². The first-order valence-corrected chi connectivity index (χ1v) is 10.7. The molecule has 4 nitrogen and oxygen atoms in total. The smallest absolute Gasteiger partial charge is 0.0815 e. The molecule has 16 aliphatic rings. The molecule has 12 fully saturated rings. The monoisotopic (exact) mass is 314 g/mol. The topological polar surface area (TPSA) is 49.4 Å². The van der Waals surface area contributed by atoms with Gasteiger partial charge in [-0.25, -0.2) is 0 Å². The molecule has 0 saturated heterocycles. The molecule has 24 heavy (non-hydrogen) atoms. The van der Waals surface area contributed by atoms with Gasteiger partial charge in [-0.3, -0.25) is 0 Å². The summed E-state index contributed by atoms with van der Waals surface area (Å²) in [6.07, 6.45) is 3.16. The van der Waals surface area contributed by atoms with Crippen molar-refractivity contribution in [3.05, 3.63) is 0 Å². The Kier molecular flexibility index (Phi) is 0.802. The summed E-state index contributed by atoms with van der Waals surface area (Å²) in [6.45, 7) is 0. The molecule has 0 radical (unpaired) electrons. The number of nitrogens with zero attached hydrogens (tertiary/aromatic N) is 4. The van der Waals surface area contributed by atoms with Gasteiger partial charge in [0.1, 0.15) is 0 Å². The zero-order chi connectivity index (χ0) is 14.3. The molecular weight excluding hydrogens is 296 g/mol. The Morgan fingerprint density at radius 1 is 0.417 bits per heavy atom. The molecule has 4 heteroatoms. The fourth-order valence-corrected chi connectivity index (χ4v) is 16.1. The minimum absolute atomic E-state index is 0.597. The van der Waals surface area contributed by atoms with Crippen LogP contribution < -0.4 is 0 Å². The summed E-state index contributed by atoms with van der Waals surface area (Å²) in [5.41, 5.74) is 2.39. The van der Waals surface area contributed by atoms with Crippen molar-refractivity contribution in [3.8, 4) is 0 Å². The van der Waals surface area contributed by atoms with E-state index in [1.54, 1.807) is 12.8 Å². The van der Waals surface area contributed by atoms with Gasteiger partial charge < -0.3 is 0 Å². The van der Waals surface area contributed by atoms with Gasteiger partial charge >= 0.3 is 0 Å². The minimum atomic E-state index is 0.597. The van der Waals surface area contributed by atoms with Crippen LogP contribution in [0, 0.1) is 80.8 Å². The summed E-state index contributed by atoms with van der Waals surface area (Å²) in [7, 11) is 0. The minimum Gasteiger partial charge on any atom is -0.190 e. The predicted octanol–water partition coefficient (Wildman–Crippen LogP) is 2.42. The van der Waals surface area contributed by atoms with Gasteiger partial charge in [-0.15, -0.1) is 0 Å². The van der Waals surface area contributed by atoms with Gasteiger partial charge in [-0.1, -0.05) is 0 Å². The van der Waals surface area contributed by atoms with Crippen LogP contribution in [0.15, 0.2) is 20.5 Å². The van der Waals surface area contributed by atoms with Crippen LogP contribution in [-0.4, -0.2) is 24.2 Å². The average molecular weight is 314 g/mol. The quantitative estimate of drug-likeness (QED) is 0.659. The molecule has 16 bridgehead atoms. The molecular formula is C20H18N4. The van der Waals surface area contributed by atoms with Crippen LogP contribution in [0.25, 0.3) is 0 Å². The fraction of sp³-hybridized carbons (Fsp3) is 1.00. The van der Waals surface area contributed by atoms with Crippen LogP contribution in [0.4, 0.5) is 0 Å². The number of rotatable bonds is 0. The molecule has 0 N–H and O–H groups in total. The number of azo groups is 2. The molecule has 118 valence electrons. The molecule has 12 aliphatic carbocycles. The zero-order valence-corrected chi connectivity index (χ0v) is 13.3. The van der Waals surface area contributed by atoms with Gasteiger partial charge in [-0.05, 0) is 72.0 Å². The Bertz CT molecular complexity index is 814. The molecule has 4 aliphatic heterocycles. The third-order valence-corrected chi connectivity index (χ3v) is 14.1. The maximum absolute atomic E-state index is 5.16. The molecule has 12 saturated carbocycles. The van der Waals surface area contributed by atoms with Crippen LogP contribution in [0.2, 0.25) is 0 Å². The van der Waals surface area contributed by atoms with E-state index in [1.165, 1.54) is 0 Å². The lowest BCUT2D eigenvalue weighted by molar-refractivity contribution is -0.494. The van der Waals surface area contributed by atoms with Crippen LogP contribution in [-0.2, 0) is 0 Å². The molecule has 0 aromatic rings. The largest absolute Gasteiger partial charge is 0.190 e. The van der Waals surface area contributed by atoms with Crippen molar-refractivity contribution in [2.24, 2.45) is 101 Å². The van der Waals surface area contributed by atoms with Crippen molar-refractivity contribution in [1.29, 1.82) is 0 Å². The first-order valence-electron chi connectivity index (χ1n) is 10.7. The highest BCUT2D eigenvalue weighted by Crippen LogP contribution is 3.16. The third-order valence-electron chi connectivity index (χ3n) is 14.1. The standard InChI is InChI=1S/C20H18N4/c1-3-7-5-2-6-8(7)4(1)18-14-10-9-11-12(10)16(24-22-14)20(6,18)19(5)15(11)23-21-13(9)17(3,18)19/h3-16H,1-2H2/t3-,4+,5+,6-,7?,8?,9?,10?,11?,12?,13-,14+,15+,16-,17?,18?,19?,20?. The van der Waals surface area contributed by atoms with E-state index in [-0.39, 0.29) is 0 Å². The Balaban J connectivity index is 1.47. The second-order valence-corrected chi connectivity index (χ2v) is 12.1. The predicted molar refractivity (Wildman–Crippen MR) is 78.7 cm³/mol. The Morgan fingerprint density at radius 2 is 0.708 bits per heavy atom. The van der Waals surface area contributed by atoms with Gasteiger partial charge in [0.25, 0.3) is 0 Å². The lowest BCUT2D eigenvalue weighted by Crippen LogP contribution is -3.02. The lowest BCUT2D eigenvalue weighted by Gasteiger charge is -2.97. The zero-order valence-electron chi connectivity index (χ0n) is 13.3. The van der Waals surface area contributed by atoms with E-state index < -0.39 is 0 Å². The summed E-state index contributed by atoms with van der Waals surface area (Å²) in [5, 5.41) is 20.6. The maximum atomic E-state index is 5.16. The summed E-state index contributed by atoms with van der Waals surface area (Å²) in [6, 6.07) is 2.58. The van der Waals surface area contributed by atoms with Crippen molar-refractivity contribution in [2.45, 2.75) is 37.0 Å². The average Bonchev–Trinajstić information content (AvgIpc) is 3.23. The Morgan fingerprint density at radius 3 is 1.00 bits per heavy atom. The highest BCUT2D eigenvalue weighted by molar-refractivity contribution is 5.65. The second kappa shape index (κ2) is 1.97. The normalized spacial score (nSPS) is 99.7. The Labute approximate surface area is 138 Å². The molecule has 2 unspecified atom stereocenters. The lowest BCUT2D eigenvalue weighted by atomic mass is 9.07. The number of hydrogen-bond acceptors (Lipinski definition) is 4. The van der Waals surface area contributed by atoms with E-state index in [1.807, 2.05) is 0 Å². The second-order valence-electron chi connectivity index (χ2n) is 12.1. The van der Waals surface area contributed by atoms with Gasteiger partial charge in [0.2, 0.25) is 0 Å². The highest BCUT2D eigenvalue weighted by Gasteiger charge is 3.18. The summed E-state index contributed by atoms with van der Waals surface area (Å²) in [5.74, 6) is 9.91. The third kappa shape index (κ3) is 0.369. The van der Waals surface area contributed by atoms with Crippen molar-refractivity contribution in [2.75, 3.05) is 0 Å². The summed E-state index contributed by atoms with van der Waals surface area (Å²) in [4.78, 5) is 0. The van der Waals surface area contributed by atoms with Gasteiger partial charge in [0.05, 0.1) is 24.2 Å². The van der Waals surface area contributed by atoms with Crippen LogP contribution in [0.1, 0.15) is 12.8 Å². The van der Waals surface area contributed by atoms with Crippen molar-refractivity contribution >= 4 is 0 Å². The number of hydrogen-bond donors (Lipinski definition) is 0. The fourth-order valence-electron chi connectivity index (χ4n) is 16.1. The highest BCUT2D eigenvalue weighted by atomic mass is 15.4. The molecule has 0 aromatic heterocycles. The Hall–Kier alpha value is -0.800. The van der Waals surface area contributed by atoms with E-state index in [2.05, 4.69) is 0 Å². The molecule has 0 aromatic carbocycles. The first kappa shape index (κ1) is 9.78. The SMILES string of the molecule is C1[C@@H]2C3C4[C@H]5C[C@@H]3C36[C@H]7N=N[C@@H]8C9C%10C(C97)[C@H]7N=N[C@@H]%10C([C@@H]14)(C573)C286. The molecule has 10 atom stereocenters. The van der Waals surface area contributed by atoms with Crippen molar-refractivity contribution < 1.29 is 0 Å². The molecule has 16 rings (SSSR count). The van der Waals surface area contributed by atoms with Crippen LogP contribution in [0.3, 0.4) is 0 Å². The first-order chi connectivity index (χ1) is 11.9. The molecule has 4 spiro atoms. The summed E-state index contributed by atoms with van der Waals surface area (Å²) < 4.78 is 0. The molecule has 4 heterocycles. The van der Waals surface area contributed by atoms with Crippen molar-refractivity contribution in [1.82, 2.24) is 0 Å². The maximum Gasteiger partial charge on any atom is 0.0815 e. The van der Waals surface area contributed by atoms with E-state index in [9.17, 15) is 0 Å². The summed E-state index contributed by atoms with van der Waals surface area (Å²) >= 11 is 0. The van der Waals surface area contributed by atoms with E-state index >= 15 is 0 Å². The van der Waals surface area contributed by atoms with E-state index in [0.717, 1.165) is 59.2 Å². The van der Waals surface area contributed by atoms with E-state index in [0.29, 0.717) is 45.8 Å². The van der Waals surface area contributed by atoms with Crippen LogP contribution in [0.5, 0.6) is 0 Å². The molecule has 0 amide bonds. The van der Waals surface area contributed by atoms with Gasteiger partial charge in [0, 0.05) is 21.7 Å².